The van der Waals surface area contributed by atoms with E-state index in [0.29, 0.717) is 37.5 Å². The average molecular weight is 431 g/mol. The molecule has 3 aromatic rings. The number of fused-ring (bicyclic) bond motifs is 1. The van der Waals surface area contributed by atoms with Crippen LogP contribution in [0.1, 0.15) is 30.1 Å². The fourth-order valence-electron chi connectivity index (χ4n) is 3.58. The number of rotatable bonds is 8. The molecule has 32 heavy (non-hydrogen) atoms. The summed E-state index contributed by atoms with van der Waals surface area (Å²) in [6.45, 7) is 0.825. The van der Waals surface area contributed by atoms with E-state index in [1.165, 1.54) is 0 Å². The molecule has 1 atom stereocenters. The number of carbonyl (C=O) groups excluding carboxylic acids is 2. The molecule has 7 heteroatoms. The van der Waals surface area contributed by atoms with E-state index in [1.54, 1.807) is 30.3 Å². The van der Waals surface area contributed by atoms with Gasteiger partial charge in [-0.25, -0.2) is 4.98 Å². The lowest BCUT2D eigenvalue weighted by atomic mass is 10.1. The van der Waals surface area contributed by atoms with Crippen molar-refractivity contribution >= 4 is 17.6 Å². The van der Waals surface area contributed by atoms with E-state index >= 15 is 0 Å². The van der Waals surface area contributed by atoms with Crippen LogP contribution in [0.5, 0.6) is 11.5 Å². The van der Waals surface area contributed by atoms with Gasteiger partial charge in [0.2, 0.25) is 12.0 Å². The molecule has 2 aromatic carbocycles. The first-order valence-corrected chi connectivity index (χ1v) is 10.5. The van der Waals surface area contributed by atoms with E-state index in [0.717, 1.165) is 16.9 Å². The van der Waals surface area contributed by atoms with Crippen LogP contribution >= 0.6 is 0 Å². The van der Waals surface area contributed by atoms with Crippen molar-refractivity contribution in [2.45, 2.75) is 25.5 Å². The first-order valence-electron chi connectivity index (χ1n) is 10.5. The topological polar surface area (TPSA) is 80.8 Å². The molecule has 0 saturated carbocycles. The summed E-state index contributed by atoms with van der Waals surface area (Å²) < 4.78 is 11.1. The third-order valence-corrected chi connectivity index (χ3v) is 5.28. The minimum Gasteiger partial charge on any atom is -0.497 e. The Hall–Kier alpha value is -3.87. The van der Waals surface area contributed by atoms with Gasteiger partial charge in [0.1, 0.15) is 5.75 Å². The van der Waals surface area contributed by atoms with E-state index in [4.69, 9.17) is 9.47 Å². The largest absolute Gasteiger partial charge is 0.497 e. The summed E-state index contributed by atoms with van der Waals surface area (Å²) in [5.41, 5.74) is 1.78. The predicted molar refractivity (Wildman–Crippen MR) is 120 cm³/mol. The van der Waals surface area contributed by atoms with E-state index in [-0.39, 0.29) is 11.8 Å². The van der Waals surface area contributed by atoms with Crippen molar-refractivity contribution in [3.8, 4) is 11.5 Å². The summed E-state index contributed by atoms with van der Waals surface area (Å²) in [7, 11) is 1.62. The Morgan fingerprint density at radius 2 is 1.88 bits per heavy atom. The summed E-state index contributed by atoms with van der Waals surface area (Å²) >= 11 is 0. The Morgan fingerprint density at radius 3 is 2.62 bits per heavy atom. The molecular formula is C25H25N3O4. The van der Waals surface area contributed by atoms with Crippen LogP contribution in [0.15, 0.2) is 72.9 Å². The molecule has 0 aliphatic carbocycles. The number of carbonyl (C=O) groups is 2. The summed E-state index contributed by atoms with van der Waals surface area (Å²) in [5, 5.41) is 2.92. The van der Waals surface area contributed by atoms with Crippen molar-refractivity contribution < 1.29 is 19.1 Å². The molecule has 2 amide bonds. The maximum Gasteiger partial charge on any atom is 0.274 e. The van der Waals surface area contributed by atoms with Crippen LogP contribution in [0.3, 0.4) is 0 Å². The molecule has 1 aromatic heterocycles. The zero-order valence-electron chi connectivity index (χ0n) is 17.9. The smallest absolute Gasteiger partial charge is 0.274 e. The van der Waals surface area contributed by atoms with Gasteiger partial charge in [0, 0.05) is 31.3 Å². The highest BCUT2D eigenvalue weighted by molar-refractivity contribution is 5.99. The second-order valence-electron chi connectivity index (χ2n) is 7.45. The Balaban J connectivity index is 1.36. The van der Waals surface area contributed by atoms with Crippen LogP contribution < -0.4 is 19.7 Å². The second kappa shape index (κ2) is 9.96. The normalized spacial score (nSPS) is 15.0. The number of hydrogen-bond acceptors (Lipinski definition) is 5. The summed E-state index contributed by atoms with van der Waals surface area (Å²) in [5.74, 6) is 1.58. The molecule has 1 N–H and O–H groups in total. The van der Waals surface area contributed by atoms with Gasteiger partial charge in [-0.3, -0.25) is 14.5 Å². The fourth-order valence-corrected chi connectivity index (χ4v) is 3.58. The lowest BCUT2D eigenvalue weighted by Gasteiger charge is -2.33. The monoisotopic (exact) mass is 431 g/mol. The first kappa shape index (κ1) is 21.4. The molecule has 0 saturated heterocycles. The lowest BCUT2D eigenvalue weighted by molar-refractivity contribution is -0.127. The molecule has 7 nitrogen and oxygen atoms in total. The van der Waals surface area contributed by atoms with Crippen molar-refractivity contribution in [3.05, 3.63) is 84.1 Å². The minimum atomic E-state index is -0.725. The Morgan fingerprint density at radius 1 is 1.09 bits per heavy atom. The summed E-state index contributed by atoms with van der Waals surface area (Å²) in [6.07, 6.45) is 1.72. The van der Waals surface area contributed by atoms with Gasteiger partial charge in [0.25, 0.3) is 5.91 Å². The lowest BCUT2D eigenvalue weighted by Crippen LogP contribution is -2.42. The van der Waals surface area contributed by atoms with Crippen LogP contribution in [0, 0.1) is 0 Å². The number of amides is 2. The van der Waals surface area contributed by atoms with Crippen molar-refractivity contribution in [2.24, 2.45) is 0 Å². The molecule has 0 radical (unpaired) electrons. The van der Waals surface area contributed by atoms with Crippen molar-refractivity contribution in [2.75, 3.05) is 18.6 Å². The molecule has 2 heterocycles. The van der Waals surface area contributed by atoms with Gasteiger partial charge < -0.3 is 14.8 Å². The summed E-state index contributed by atoms with van der Waals surface area (Å²) in [6, 6.07) is 20.5. The van der Waals surface area contributed by atoms with Crippen LogP contribution in [-0.4, -0.2) is 30.5 Å². The number of methoxy groups -OCH3 is 1. The van der Waals surface area contributed by atoms with E-state index in [9.17, 15) is 9.59 Å². The number of ether oxygens (including phenoxy) is 2. The highest BCUT2D eigenvalue weighted by Crippen LogP contribution is 2.37. The Kier molecular flexibility index (Phi) is 6.65. The van der Waals surface area contributed by atoms with Crippen molar-refractivity contribution in [1.29, 1.82) is 0 Å². The fraction of sp³-hybridized carbons (Fsp3) is 0.240. The highest BCUT2D eigenvalue weighted by Gasteiger charge is 2.36. The number of nitrogens with zero attached hydrogens (tertiary/aromatic N) is 2. The molecule has 1 unspecified atom stereocenters. The third-order valence-electron chi connectivity index (χ3n) is 5.28. The van der Waals surface area contributed by atoms with Gasteiger partial charge >= 0.3 is 0 Å². The summed E-state index contributed by atoms with van der Waals surface area (Å²) in [4.78, 5) is 31.4. The van der Waals surface area contributed by atoms with Crippen LogP contribution in [0.2, 0.25) is 0 Å². The number of nitrogens with one attached hydrogen (secondary N) is 1. The number of benzene rings is 2. The van der Waals surface area contributed by atoms with Crippen LogP contribution in [-0.2, 0) is 16.1 Å². The van der Waals surface area contributed by atoms with Crippen LogP contribution in [0.25, 0.3) is 0 Å². The zero-order chi connectivity index (χ0) is 22.3. The van der Waals surface area contributed by atoms with E-state index < -0.39 is 6.10 Å². The minimum absolute atomic E-state index is 0.0672. The molecule has 0 spiro atoms. The van der Waals surface area contributed by atoms with Crippen LogP contribution in [0.4, 0.5) is 5.82 Å². The van der Waals surface area contributed by atoms with Gasteiger partial charge in [-0.05, 0) is 36.2 Å². The maximum absolute atomic E-state index is 13.2. The van der Waals surface area contributed by atoms with Gasteiger partial charge in [0.05, 0.1) is 7.11 Å². The second-order valence-corrected chi connectivity index (χ2v) is 7.45. The number of pyridine rings is 1. The van der Waals surface area contributed by atoms with E-state index in [1.807, 2.05) is 54.6 Å². The number of hydrogen-bond donors (Lipinski definition) is 1. The average Bonchev–Trinajstić information content (AvgIpc) is 2.84. The molecule has 0 fully saturated rings. The molecule has 4 rings (SSSR count). The number of anilines is 1. The molecule has 1 aliphatic heterocycles. The standard InChI is InChI=1S/C25H25N3O4/c1-31-20-13-11-18(12-14-20)17-27-22(29)10-6-16-28-24-21(9-5-15-26-24)32-23(25(28)30)19-7-3-2-4-8-19/h2-5,7-9,11-15,23H,6,10,16-17H2,1H3,(H,27,29). The first-order chi connectivity index (χ1) is 15.7. The quantitative estimate of drug-likeness (QED) is 0.589. The number of aromatic nitrogens is 1. The highest BCUT2D eigenvalue weighted by atomic mass is 16.5. The zero-order valence-corrected chi connectivity index (χ0v) is 17.9. The maximum atomic E-state index is 13.2. The predicted octanol–water partition coefficient (Wildman–Crippen LogP) is 3.65. The van der Waals surface area contributed by atoms with E-state index in [2.05, 4.69) is 10.3 Å². The Labute approximate surface area is 187 Å². The van der Waals surface area contributed by atoms with Crippen molar-refractivity contribution in [3.63, 3.8) is 0 Å². The van der Waals surface area contributed by atoms with Crippen molar-refractivity contribution in [1.82, 2.24) is 10.3 Å². The molecule has 1 aliphatic rings. The molecule has 164 valence electrons. The SMILES string of the molecule is COc1ccc(CNC(=O)CCCN2C(=O)C(c3ccccc3)Oc3cccnc32)cc1. The third kappa shape index (κ3) is 4.88. The molecular weight excluding hydrogens is 406 g/mol. The van der Waals surface area contributed by atoms with Gasteiger partial charge in [-0.1, -0.05) is 42.5 Å². The van der Waals surface area contributed by atoms with Gasteiger partial charge in [0.15, 0.2) is 11.6 Å². The molecule has 0 bridgehead atoms. The van der Waals surface area contributed by atoms with Gasteiger partial charge in [-0.15, -0.1) is 0 Å². The Bertz CT molecular complexity index is 1070. The van der Waals surface area contributed by atoms with Gasteiger partial charge in [-0.2, -0.15) is 0 Å².